The fraction of sp³-hybridized carbons (Fsp3) is 0. The van der Waals surface area contributed by atoms with Crippen molar-refractivity contribution in [1.82, 2.24) is 0 Å². The minimum Gasteiger partial charge on any atom is -0.416 e. The van der Waals surface area contributed by atoms with Gasteiger partial charge in [0.1, 0.15) is 0 Å². The fourth-order valence-corrected chi connectivity index (χ4v) is 2.79. The van der Waals surface area contributed by atoms with Crippen LogP contribution in [0.3, 0.4) is 0 Å². The summed E-state index contributed by atoms with van der Waals surface area (Å²) in [5.41, 5.74) is -3.47. The van der Waals surface area contributed by atoms with E-state index in [9.17, 15) is 50.0 Å². The Morgan fingerprint density at radius 2 is 0.944 bits per heavy atom. The highest BCUT2D eigenvalue weighted by Gasteiger charge is 2.25. The first-order valence-electron chi connectivity index (χ1n) is 9.38. The molecule has 0 radical (unpaired) electrons. The molecule has 0 N–H and O–H groups in total. The predicted octanol–water partition coefficient (Wildman–Crippen LogP) is 3.76. The van der Waals surface area contributed by atoms with Crippen LogP contribution in [0.4, 0.5) is 22.7 Å². The smallest absolute Gasteiger partial charge is 0.343 e. The van der Waals surface area contributed by atoms with Crippen molar-refractivity contribution in [1.29, 1.82) is 0 Å². The highest BCUT2D eigenvalue weighted by atomic mass is 16.6. The van der Waals surface area contributed by atoms with E-state index < -0.39 is 65.9 Å². The zero-order valence-corrected chi connectivity index (χ0v) is 17.5. The lowest BCUT2D eigenvalue weighted by atomic mass is 10.1. The predicted molar refractivity (Wildman–Crippen MR) is 116 cm³/mol. The van der Waals surface area contributed by atoms with E-state index in [-0.39, 0.29) is 11.1 Å². The SMILES string of the molecule is O=C(Oc1ccc([N+](=O)[O-])cc1[N+](=O)[O-])c1cccc(C(=O)Oc2ccc([N+](=O)[O-])cc2[N+](=O)[O-])c1. The molecule has 0 heterocycles. The molecular weight excluding hydrogens is 488 g/mol. The van der Waals surface area contributed by atoms with E-state index in [4.69, 9.17) is 9.47 Å². The largest absolute Gasteiger partial charge is 0.416 e. The molecule has 3 rings (SSSR count). The Morgan fingerprint density at radius 3 is 1.28 bits per heavy atom. The number of nitro benzene ring substituents is 4. The number of rotatable bonds is 8. The van der Waals surface area contributed by atoms with Crippen molar-refractivity contribution >= 4 is 34.7 Å². The average molecular weight is 498 g/mol. The molecule has 0 saturated carbocycles. The molecule has 0 aliphatic heterocycles. The molecule has 16 nitrogen and oxygen atoms in total. The summed E-state index contributed by atoms with van der Waals surface area (Å²) < 4.78 is 9.92. The third-order valence-corrected chi connectivity index (χ3v) is 4.44. The van der Waals surface area contributed by atoms with Crippen LogP contribution in [0, 0.1) is 40.5 Å². The van der Waals surface area contributed by atoms with Gasteiger partial charge >= 0.3 is 23.3 Å². The summed E-state index contributed by atoms with van der Waals surface area (Å²) in [4.78, 5) is 65.4. The molecule has 0 aromatic heterocycles. The van der Waals surface area contributed by atoms with Crippen LogP contribution in [0.1, 0.15) is 20.7 Å². The summed E-state index contributed by atoms with van der Waals surface area (Å²) in [7, 11) is 0. The molecule has 0 atom stereocenters. The molecule has 0 saturated heterocycles. The molecule has 0 aliphatic carbocycles. The van der Waals surface area contributed by atoms with Gasteiger partial charge < -0.3 is 9.47 Å². The van der Waals surface area contributed by atoms with E-state index in [1.807, 2.05) is 0 Å². The number of carbonyl (C=O) groups excluding carboxylic acids is 2. The summed E-state index contributed by atoms with van der Waals surface area (Å²) in [5, 5.41) is 44.1. The number of hydrogen-bond acceptors (Lipinski definition) is 12. The maximum Gasteiger partial charge on any atom is 0.343 e. The number of benzene rings is 3. The molecule has 16 heteroatoms. The highest BCUT2D eigenvalue weighted by Crippen LogP contribution is 2.33. The van der Waals surface area contributed by atoms with E-state index in [0.29, 0.717) is 12.1 Å². The second kappa shape index (κ2) is 10.00. The van der Waals surface area contributed by atoms with Crippen LogP contribution >= 0.6 is 0 Å². The van der Waals surface area contributed by atoms with Gasteiger partial charge in [-0.2, -0.15) is 0 Å². The number of nitrogens with zero attached hydrogens (tertiary/aromatic N) is 4. The van der Waals surface area contributed by atoms with Gasteiger partial charge in [0, 0.05) is 12.1 Å². The topological polar surface area (TPSA) is 225 Å². The van der Waals surface area contributed by atoms with Crippen molar-refractivity contribution in [2.24, 2.45) is 0 Å². The van der Waals surface area contributed by atoms with Gasteiger partial charge in [-0.15, -0.1) is 0 Å². The van der Waals surface area contributed by atoms with Gasteiger partial charge in [-0.3, -0.25) is 40.5 Å². The Kier molecular flexibility index (Phi) is 6.90. The molecule has 0 spiro atoms. The summed E-state index contributed by atoms with van der Waals surface area (Å²) in [5.74, 6) is -3.51. The van der Waals surface area contributed by atoms with E-state index >= 15 is 0 Å². The molecule has 3 aromatic carbocycles. The number of non-ortho nitro benzene ring substituents is 2. The molecule has 0 fully saturated rings. The number of esters is 2. The van der Waals surface area contributed by atoms with Crippen LogP contribution in [0.5, 0.6) is 11.5 Å². The molecule has 36 heavy (non-hydrogen) atoms. The maximum absolute atomic E-state index is 12.5. The van der Waals surface area contributed by atoms with Gasteiger partial charge in [-0.05, 0) is 30.3 Å². The van der Waals surface area contributed by atoms with E-state index in [1.165, 1.54) is 18.2 Å². The molecule has 182 valence electrons. The summed E-state index contributed by atoms with van der Waals surface area (Å²) in [6, 6.07) is 9.28. The first kappa shape index (κ1) is 24.8. The van der Waals surface area contributed by atoms with Crippen LogP contribution in [0.2, 0.25) is 0 Å². The van der Waals surface area contributed by atoms with Crippen LogP contribution in [-0.2, 0) is 0 Å². The van der Waals surface area contributed by atoms with Crippen molar-refractivity contribution < 1.29 is 38.8 Å². The summed E-state index contributed by atoms with van der Waals surface area (Å²) >= 11 is 0. The van der Waals surface area contributed by atoms with Gasteiger partial charge in [-0.1, -0.05) is 6.07 Å². The Hall–Kier alpha value is -5.80. The van der Waals surface area contributed by atoms with Gasteiger partial charge in [0.25, 0.3) is 11.4 Å². The van der Waals surface area contributed by atoms with Gasteiger partial charge in [0.05, 0.1) is 43.0 Å². The Labute approximate surface area is 197 Å². The van der Waals surface area contributed by atoms with E-state index in [2.05, 4.69) is 0 Å². The molecule has 0 bridgehead atoms. The molecule has 0 aliphatic rings. The monoisotopic (exact) mass is 498 g/mol. The first-order valence-corrected chi connectivity index (χ1v) is 9.38. The number of hydrogen-bond donors (Lipinski definition) is 0. The highest BCUT2D eigenvalue weighted by molar-refractivity contribution is 5.97. The third-order valence-electron chi connectivity index (χ3n) is 4.44. The number of nitro groups is 4. The quantitative estimate of drug-likeness (QED) is 0.187. The number of ether oxygens (including phenoxy) is 2. The van der Waals surface area contributed by atoms with Crippen molar-refractivity contribution in [2.75, 3.05) is 0 Å². The van der Waals surface area contributed by atoms with Crippen LogP contribution in [0.25, 0.3) is 0 Å². The van der Waals surface area contributed by atoms with Crippen molar-refractivity contribution in [2.45, 2.75) is 0 Å². The maximum atomic E-state index is 12.5. The van der Waals surface area contributed by atoms with Gasteiger partial charge in [0.2, 0.25) is 11.5 Å². The zero-order chi connectivity index (χ0) is 26.6. The molecular formula is C20H10N4O12. The van der Waals surface area contributed by atoms with Crippen molar-refractivity contribution in [3.8, 4) is 11.5 Å². The second-order valence-electron chi connectivity index (χ2n) is 6.69. The van der Waals surface area contributed by atoms with Crippen LogP contribution in [0.15, 0.2) is 60.7 Å². The van der Waals surface area contributed by atoms with E-state index in [0.717, 1.165) is 30.3 Å². The van der Waals surface area contributed by atoms with E-state index in [1.54, 1.807) is 0 Å². The van der Waals surface area contributed by atoms with Crippen molar-refractivity contribution in [3.05, 3.63) is 112 Å². The zero-order valence-electron chi connectivity index (χ0n) is 17.5. The fourth-order valence-electron chi connectivity index (χ4n) is 2.79. The summed E-state index contributed by atoms with van der Waals surface area (Å²) in [6.45, 7) is 0. The Morgan fingerprint density at radius 1 is 0.556 bits per heavy atom. The lowest BCUT2D eigenvalue weighted by Crippen LogP contribution is -2.13. The van der Waals surface area contributed by atoms with Gasteiger partial charge in [0.15, 0.2) is 0 Å². The standard InChI is InChI=1S/C20H10N4O12/c25-19(35-17-6-4-13(21(27)28)9-15(17)23(31)32)11-2-1-3-12(8-11)20(26)36-18-7-5-14(22(29)30)10-16(18)24(33)34/h1-10H. The lowest BCUT2D eigenvalue weighted by molar-refractivity contribution is -0.394. The molecule has 0 amide bonds. The second-order valence-corrected chi connectivity index (χ2v) is 6.69. The Bertz CT molecular complexity index is 1350. The minimum absolute atomic E-state index is 0.282. The van der Waals surface area contributed by atoms with Crippen molar-refractivity contribution in [3.63, 3.8) is 0 Å². The first-order chi connectivity index (χ1) is 17.0. The Balaban J connectivity index is 1.85. The number of carbonyl (C=O) groups is 2. The lowest BCUT2D eigenvalue weighted by Gasteiger charge is -2.08. The van der Waals surface area contributed by atoms with Crippen LogP contribution in [-0.4, -0.2) is 31.6 Å². The summed E-state index contributed by atoms with van der Waals surface area (Å²) in [6.07, 6.45) is 0. The normalized spacial score (nSPS) is 10.2. The molecule has 0 unspecified atom stereocenters. The van der Waals surface area contributed by atoms with Crippen LogP contribution < -0.4 is 9.47 Å². The average Bonchev–Trinajstić information content (AvgIpc) is 2.83. The molecule has 3 aromatic rings. The minimum atomic E-state index is -1.16. The van der Waals surface area contributed by atoms with Gasteiger partial charge in [-0.25, -0.2) is 9.59 Å². The third kappa shape index (κ3) is 5.39.